The van der Waals surface area contributed by atoms with E-state index in [1.54, 1.807) is 12.1 Å². The van der Waals surface area contributed by atoms with E-state index in [2.05, 4.69) is 10.2 Å². The zero-order valence-electron chi connectivity index (χ0n) is 10.9. The molecule has 2 aliphatic heterocycles. The molecule has 0 unspecified atom stereocenters. The van der Waals surface area contributed by atoms with Gasteiger partial charge in [-0.15, -0.1) is 0 Å². The Morgan fingerprint density at radius 2 is 1.85 bits per heavy atom. The van der Waals surface area contributed by atoms with Gasteiger partial charge < -0.3 is 4.74 Å². The average Bonchev–Trinajstić information content (AvgIpc) is 2.70. The Kier molecular flexibility index (Phi) is 3.17. The van der Waals surface area contributed by atoms with Crippen molar-refractivity contribution in [2.45, 2.75) is 25.0 Å². The van der Waals surface area contributed by atoms with Gasteiger partial charge in [0.2, 0.25) is 0 Å². The Morgan fingerprint density at radius 3 is 2.40 bits per heavy atom. The molecule has 3 rings (SSSR count). The summed E-state index contributed by atoms with van der Waals surface area (Å²) in [5.74, 6) is -0.579. The maximum Gasteiger partial charge on any atom is 0.415 e. The van der Waals surface area contributed by atoms with Crippen molar-refractivity contribution in [3.8, 4) is 0 Å². The number of nitrogens with one attached hydrogen (secondary N) is 1. The van der Waals surface area contributed by atoms with Gasteiger partial charge in [-0.05, 0) is 17.7 Å². The van der Waals surface area contributed by atoms with Crippen molar-refractivity contribution < 1.29 is 18.7 Å². The maximum atomic E-state index is 12.8. The summed E-state index contributed by atoms with van der Waals surface area (Å²) < 4.78 is 18.0. The van der Waals surface area contributed by atoms with E-state index in [0.29, 0.717) is 32.5 Å². The van der Waals surface area contributed by atoms with Crippen LogP contribution in [-0.4, -0.2) is 35.6 Å². The molecule has 2 saturated heterocycles. The van der Waals surface area contributed by atoms with Crippen molar-refractivity contribution in [2.24, 2.45) is 0 Å². The Morgan fingerprint density at radius 1 is 1.20 bits per heavy atom. The number of amides is 2. The van der Waals surface area contributed by atoms with Crippen LogP contribution in [0, 0.1) is 5.82 Å². The highest BCUT2D eigenvalue weighted by Gasteiger charge is 2.50. The SMILES string of the molecule is O=C1NC(=O)C2(CCN(Cc3ccc(F)cc3)CC2)O1. The van der Waals surface area contributed by atoms with Gasteiger partial charge in [-0.2, -0.15) is 0 Å². The quantitative estimate of drug-likeness (QED) is 0.889. The first kappa shape index (κ1) is 13.1. The van der Waals surface area contributed by atoms with E-state index in [9.17, 15) is 14.0 Å². The molecule has 0 saturated carbocycles. The molecule has 1 N–H and O–H groups in total. The minimum Gasteiger partial charge on any atom is -0.432 e. The molecule has 20 heavy (non-hydrogen) atoms. The molecule has 0 aliphatic carbocycles. The Hall–Kier alpha value is -1.95. The number of alkyl carbamates (subject to hydrolysis) is 1. The van der Waals surface area contributed by atoms with Gasteiger partial charge in [0, 0.05) is 32.5 Å². The van der Waals surface area contributed by atoms with E-state index in [1.807, 2.05) is 0 Å². The third kappa shape index (κ3) is 2.38. The lowest BCUT2D eigenvalue weighted by Gasteiger charge is -2.35. The number of halogens is 1. The number of carbonyl (C=O) groups excluding carboxylic acids is 2. The topological polar surface area (TPSA) is 58.6 Å². The molecule has 1 spiro atoms. The number of hydrogen-bond acceptors (Lipinski definition) is 4. The molecular weight excluding hydrogens is 263 g/mol. The normalized spacial score (nSPS) is 21.9. The van der Waals surface area contributed by atoms with Gasteiger partial charge in [-0.1, -0.05) is 12.1 Å². The fraction of sp³-hybridized carbons (Fsp3) is 0.429. The van der Waals surface area contributed by atoms with Crippen LogP contribution in [0.2, 0.25) is 0 Å². The highest BCUT2D eigenvalue weighted by Crippen LogP contribution is 2.30. The van der Waals surface area contributed by atoms with E-state index in [1.165, 1.54) is 12.1 Å². The zero-order chi connectivity index (χ0) is 14.2. The molecule has 1 aromatic rings. The second kappa shape index (κ2) is 4.86. The largest absolute Gasteiger partial charge is 0.432 e. The number of ether oxygens (including phenoxy) is 1. The molecular formula is C14H15FN2O3. The van der Waals surface area contributed by atoms with Gasteiger partial charge in [-0.3, -0.25) is 15.0 Å². The Balaban J connectivity index is 1.60. The molecule has 6 heteroatoms. The van der Waals surface area contributed by atoms with Crippen LogP contribution in [0.5, 0.6) is 0 Å². The third-order valence-electron chi connectivity index (χ3n) is 3.90. The Labute approximate surface area is 115 Å². The number of carbonyl (C=O) groups is 2. The van der Waals surface area contributed by atoms with Gasteiger partial charge in [-0.25, -0.2) is 9.18 Å². The first-order valence-corrected chi connectivity index (χ1v) is 6.59. The van der Waals surface area contributed by atoms with Gasteiger partial charge in [0.15, 0.2) is 5.60 Å². The fourth-order valence-electron chi connectivity index (χ4n) is 2.71. The van der Waals surface area contributed by atoms with E-state index in [0.717, 1.165) is 5.56 Å². The van der Waals surface area contributed by atoms with Gasteiger partial charge in [0.05, 0.1) is 0 Å². The summed E-state index contributed by atoms with van der Waals surface area (Å²) in [6.45, 7) is 2.03. The van der Waals surface area contributed by atoms with Crippen molar-refractivity contribution in [1.82, 2.24) is 10.2 Å². The third-order valence-corrected chi connectivity index (χ3v) is 3.90. The molecule has 5 nitrogen and oxygen atoms in total. The molecule has 2 fully saturated rings. The second-order valence-electron chi connectivity index (χ2n) is 5.24. The van der Waals surface area contributed by atoms with E-state index < -0.39 is 11.7 Å². The predicted molar refractivity (Wildman–Crippen MR) is 68.3 cm³/mol. The van der Waals surface area contributed by atoms with Crippen LogP contribution in [0.25, 0.3) is 0 Å². The standard InChI is InChI=1S/C14H15FN2O3/c15-11-3-1-10(2-4-11)9-17-7-5-14(6-8-17)12(18)16-13(19)20-14/h1-4H,5-9H2,(H,16,18,19). The fourth-order valence-corrected chi connectivity index (χ4v) is 2.71. The summed E-state index contributed by atoms with van der Waals surface area (Å²) >= 11 is 0. The lowest BCUT2D eigenvalue weighted by molar-refractivity contribution is -0.135. The molecule has 106 valence electrons. The highest BCUT2D eigenvalue weighted by molar-refractivity contribution is 6.02. The van der Waals surface area contributed by atoms with Gasteiger partial charge in [0.25, 0.3) is 5.91 Å². The van der Waals surface area contributed by atoms with Crippen molar-refractivity contribution in [1.29, 1.82) is 0 Å². The van der Waals surface area contributed by atoms with Crippen molar-refractivity contribution >= 4 is 12.0 Å². The molecule has 2 amide bonds. The van der Waals surface area contributed by atoms with Gasteiger partial charge in [0.1, 0.15) is 5.82 Å². The molecule has 0 bridgehead atoms. The van der Waals surface area contributed by atoms with Crippen LogP contribution in [0.4, 0.5) is 9.18 Å². The van der Waals surface area contributed by atoms with E-state index in [4.69, 9.17) is 4.74 Å². The highest BCUT2D eigenvalue weighted by atomic mass is 19.1. The number of imide groups is 1. The lowest BCUT2D eigenvalue weighted by atomic mass is 9.90. The maximum absolute atomic E-state index is 12.8. The summed E-state index contributed by atoms with van der Waals surface area (Å²) in [4.78, 5) is 25.0. The van der Waals surface area contributed by atoms with Crippen molar-refractivity contribution in [3.63, 3.8) is 0 Å². The summed E-state index contributed by atoms with van der Waals surface area (Å²) in [6.07, 6.45) is 0.333. The minimum absolute atomic E-state index is 0.249. The number of hydrogen-bond donors (Lipinski definition) is 1. The van der Waals surface area contributed by atoms with E-state index >= 15 is 0 Å². The average molecular weight is 278 g/mol. The first-order chi connectivity index (χ1) is 9.57. The summed E-state index contributed by atoms with van der Waals surface area (Å²) in [5, 5.41) is 2.19. The minimum atomic E-state index is -0.976. The Bertz CT molecular complexity index is 536. The molecule has 1 aromatic carbocycles. The van der Waals surface area contributed by atoms with Crippen molar-refractivity contribution in [3.05, 3.63) is 35.6 Å². The predicted octanol–water partition coefficient (Wildman–Crippen LogP) is 1.43. The molecule has 0 atom stereocenters. The summed E-state index contributed by atoms with van der Waals surface area (Å²) in [5.41, 5.74) is 0.0475. The number of benzene rings is 1. The van der Waals surface area contributed by atoms with Crippen LogP contribution in [0.3, 0.4) is 0 Å². The molecule has 0 radical (unpaired) electrons. The molecule has 2 aliphatic rings. The van der Waals surface area contributed by atoms with Crippen LogP contribution in [0.15, 0.2) is 24.3 Å². The second-order valence-corrected chi connectivity index (χ2v) is 5.24. The van der Waals surface area contributed by atoms with Crippen LogP contribution >= 0.6 is 0 Å². The lowest BCUT2D eigenvalue weighted by Crippen LogP contribution is -2.49. The summed E-state index contributed by atoms with van der Waals surface area (Å²) in [6, 6.07) is 6.38. The van der Waals surface area contributed by atoms with Crippen LogP contribution in [0.1, 0.15) is 18.4 Å². The monoisotopic (exact) mass is 278 g/mol. The van der Waals surface area contributed by atoms with Crippen LogP contribution in [-0.2, 0) is 16.1 Å². The number of piperidine rings is 1. The first-order valence-electron chi connectivity index (χ1n) is 6.59. The smallest absolute Gasteiger partial charge is 0.415 e. The molecule has 0 aromatic heterocycles. The number of rotatable bonds is 2. The van der Waals surface area contributed by atoms with Crippen LogP contribution < -0.4 is 5.32 Å². The van der Waals surface area contributed by atoms with Gasteiger partial charge >= 0.3 is 6.09 Å². The summed E-state index contributed by atoms with van der Waals surface area (Å²) in [7, 11) is 0. The van der Waals surface area contributed by atoms with E-state index in [-0.39, 0.29) is 11.7 Å². The zero-order valence-corrected chi connectivity index (χ0v) is 10.9. The number of likely N-dealkylation sites (tertiary alicyclic amines) is 1. The molecule has 2 heterocycles. The van der Waals surface area contributed by atoms with Crippen molar-refractivity contribution in [2.75, 3.05) is 13.1 Å². The number of nitrogens with zero attached hydrogens (tertiary/aromatic N) is 1.